The van der Waals surface area contributed by atoms with Gasteiger partial charge in [0, 0.05) is 26.2 Å². The van der Waals surface area contributed by atoms with Crippen molar-refractivity contribution >= 4 is 17.7 Å². The van der Waals surface area contributed by atoms with Crippen molar-refractivity contribution in [2.75, 3.05) is 26.2 Å². The number of aliphatic hydroxyl groups excluding tert-OH is 1. The maximum atomic E-state index is 13.6. The Morgan fingerprint density at radius 2 is 1.81 bits per heavy atom. The molecule has 3 N–H and O–H groups in total. The third-order valence-corrected chi connectivity index (χ3v) is 7.24. The first kappa shape index (κ1) is 24.0. The van der Waals surface area contributed by atoms with Gasteiger partial charge in [0.15, 0.2) is 0 Å². The minimum absolute atomic E-state index is 0.0428. The SMILES string of the molecule is CCCCCNC(=O)C1N(CCCCO)C(=O)[C@@H]2[C@H](C(=O)NCCC)[C@]3(C)CCC12O3. The van der Waals surface area contributed by atoms with Gasteiger partial charge in [0.2, 0.25) is 17.7 Å². The number of amides is 3. The first-order valence-corrected chi connectivity index (χ1v) is 12.0. The molecule has 3 aliphatic rings. The van der Waals surface area contributed by atoms with Gasteiger partial charge in [-0.25, -0.2) is 0 Å². The Hall–Kier alpha value is -1.67. The summed E-state index contributed by atoms with van der Waals surface area (Å²) in [6, 6.07) is -0.726. The van der Waals surface area contributed by atoms with E-state index >= 15 is 0 Å². The molecular weight excluding hydrogens is 398 g/mol. The van der Waals surface area contributed by atoms with Gasteiger partial charge < -0.3 is 25.4 Å². The molecule has 3 amide bonds. The highest BCUT2D eigenvalue weighted by Crippen LogP contribution is 2.63. The Labute approximate surface area is 185 Å². The zero-order valence-corrected chi connectivity index (χ0v) is 19.2. The van der Waals surface area contributed by atoms with Crippen molar-refractivity contribution in [1.82, 2.24) is 15.5 Å². The molecule has 8 nitrogen and oxygen atoms in total. The van der Waals surface area contributed by atoms with E-state index in [-0.39, 0.29) is 24.3 Å². The molecule has 0 radical (unpaired) electrons. The summed E-state index contributed by atoms with van der Waals surface area (Å²) in [4.78, 5) is 41.7. The highest BCUT2D eigenvalue weighted by Gasteiger charge is 2.77. The third kappa shape index (κ3) is 4.21. The minimum Gasteiger partial charge on any atom is -0.396 e. The fourth-order valence-corrected chi connectivity index (χ4v) is 5.80. The van der Waals surface area contributed by atoms with E-state index < -0.39 is 29.1 Å². The fraction of sp³-hybridized carbons (Fsp3) is 0.870. The van der Waals surface area contributed by atoms with Gasteiger partial charge in [-0.3, -0.25) is 14.4 Å². The molecule has 3 rings (SSSR count). The molecule has 31 heavy (non-hydrogen) atoms. The van der Waals surface area contributed by atoms with Crippen LogP contribution in [0.3, 0.4) is 0 Å². The van der Waals surface area contributed by atoms with E-state index in [2.05, 4.69) is 17.6 Å². The zero-order valence-electron chi connectivity index (χ0n) is 19.2. The molecule has 0 aromatic rings. The number of nitrogens with zero attached hydrogens (tertiary/aromatic N) is 1. The van der Waals surface area contributed by atoms with Crippen LogP contribution < -0.4 is 10.6 Å². The average molecular weight is 438 g/mol. The number of carbonyl (C=O) groups excluding carboxylic acids is 3. The van der Waals surface area contributed by atoms with Crippen LogP contribution >= 0.6 is 0 Å². The number of ether oxygens (including phenoxy) is 1. The van der Waals surface area contributed by atoms with Gasteiger partial charge >= 0.3 is 0 Å². The number of hydrogen-bond donors (Lipinski definition) is 3. The van der Waals surface area contributed by atoms with Crippen LogP contribution in [0.5, 0.6) is 0 Å². The van der Waals surface area contributed by atoms with Gasteiger partial charge in [0.1, 0.15) is 11.6 Å². The number of carbonyl (C=O) groups is 3. The predicted octanol–water partition coefficient (Wildman–Crippen LogP) is 1.36. The largest absolute Gasteiger partial charge is 0.396 e. The van der Waals surface area contributed by atoms with E-state index in [0.717, 1.165) is 25.7 Å². The molecule has 2 unspecified atom stereocenters. The van der Waals surface area contributed by atoms with Crippen LogP contribution in [0, 0.1) is 11.8 Å². The number of unbranched alkanes of at least 4 members (excludes halogenated alkanes) is 3. The summed E-state index contributed by atoms with van der Waals surface area (Å²) < 4.78 is 6.52. The Morgan fingerprint density at radius 1 is 1.06 bits per heavy atom. The molecule has 0 aromatic heterocycles. The van der Waals surface area contributed by atoms with Gasteiger partial charge in [-0.2, -0.15) is 0 Å². The quantitative estimate of drug-likeness (QED) is 0.400. The smallest absolute Gasteiger partial charge is 0.245 e. The Bertz CT molecular complexity index is 686. The number of aliphatic hydroxyl groups is 1. The first-order chi connectivity index (χ1) is 14.9. The van der Waals surface area contributed by atoms with Crippen LogP contribution in [0.4, 0.5) is 0 Å². The molecule has 2 bridgehead atoms. The van der Waals surface area contributed by atoms with Crippen LogP contribution in [0.25, 0.3) is 0 Å². The van der Waals surface area contributed by atoms with Crippen molar-refractivity contribution in [3.63, 3.8) is 0 Å². The summed E-state index contributed by atoms with van der Waals surface area (Å²) in [7, 11) is 0. The lowest BCUT2D eigenvalue weighted by molar-refractivity contribution is -0.146. The van der Waals surface area contributed by atoms with Crippen LogP contribution in [-0.2, 0) is 19.1 Å². The normalized spacial score (nSPS) is 33.6. The van der Waals surface area contributed by atoms with Crippen molar-refractivity contribution in [1.29, 1.82) is 0 Å². The second-order valence-electron chi connectivity index (χ2n) is 9.48. The fourth-order valence-electron chi connectivity index (χ4n) is 5.80. The van der Waals surface area contributed by atoms with Gasteiger partial charge in [-0.1, -0.05) is 26.7 Å². The highest BCUT2D eigenvalue weighted by molar-refractivity contribution is 5.99. The lowest BCUT2D eigenvalue weighted by Gasteiger charge is -2.33. The molecule has 8 heteroatoms. The summed E-state index contributed by atoms with van der Waals surface area (Å²) in [5, 5.41) is 15.2. The molecule has 5 atom stereocenters. The average Bonchev–Trinajstić information content (AvgIpc) is 3.30. The molecule has 3 heterocycles. The maximum absolute atomic E-state index is 13.6. The van der Waals surface area contributed by atoms with Crippen LogP contribution in [-0.4, -0.2) is 71.2 Å². The monoisotopic (exact) mass is 437 g/mol. The maximum Gasteiger partial charge on any atom is 0.245 e. The number of rotatable bonds is 12. The van der Waals surface area contributed by atoms with Crippen LogP contribution in [0.1, 0.15) is 72.1 Å². The Morgan fingerprint density at radius 3 is 2.48 bits per heavy atom. The second-order valence-corrected chi connectivity index (χ2v) is 9.48. The molecule has 3 fully saturated rings. The van der Waals surface area contributed by atoms with E-state index in [1.807, 2.05) is 13.8 Å². The summed E-state index contributed by atoms with van der Waals surface area (Å²) in [5.74, 6) is -1.72. The van der Waals surface area contributed by atoms with E-state index in [9.17, 15) is 19.5 Å². The number of fused-ring (bicyclic) bond motifs is 1. The minimum atomic E-state index is -0.950. The lowest BCUT2D eigenvalue weighted by atomic mass is 9.66. The van der Waals surface area contributed by atoms with Crippen molar-refractivity contribution in [2.24, 2.45) is 11.8 Å². The standard InChI is InChI=1S/C23H39N3O5/c1-4-6-7-13-25-20(29)18-23-11-10-22(3,31-23)16(19(28)24-12-5-2)17(23)21(30)26(18)14-8-9-15-27/h16-18,27H,4-15H2,1-3H3,(H,24,28)(H,25,29)/t16-,17+,18?,22+,23?/m1/s1. The molecule has 3 saturated heterocycles. The van der Waals surface area contributed by atoms with Crippen LogP contribution in [0.15, 0.2) is 0 Å². The molecular formula is C23H39N3O5. The van der Waals surface area contributed by atoms with E-state index in [4.69, 9.17) is 4.74 Å². The molecule has 1 spiro atoms. The van der Waals surface area contributed by atoms with E-state index in [0.29, 0.717) is 45.3 Å². The van der Waals surface area contributed by atoms with Crippen molar-refractivity contribution in [2.45, 2.75) is 89.4 Å². The van der Waals surface area contributed by atoms with E-state index in [1.54, 1.807) is 4.90 Å². The first-order valence-electron chi connectivity index (χ1n) is 12.0. The molecule has 0 saturated carbocycles. The van der Waals surface area contributed by atoms with Crippen molar-refractivity contribution in [3.05, 3.63) is 0 Å². The van der Waals surface area contributed by atoms with Crippen molar-refractivity contribution < 1.29 is 24.2 Å². The second kappa shape index (κ2) is 9.86. The summed E-state index contributed by atoms with van der Waals surface area (Å²) >= 11 is 0. The third-order valence-electron chi connectivity index (χ3n) is 7.24. The summed E-state index contributed by atoms with van der Waals surface area (Å²) in [6.45, 7) is 7.56. The van der Waals surface area contributed by atoms with Crippen molar-refractivity contribution in [3.8, 4) is 0 Å². The highest BCUT2D eigenvalue weighted by atomic mass is 16.5. The summed E-state index contributed by atoms with van der Waals surface area (Å²) in [6.07, 6.45) is 6.23. The molecule has 0 aliphatic carbocycles. The number of likely N-dealkylation sites (tertiary alicyclic amines) is 1. The molecule has 0 aromatic carbocycles. The van der Waals surface area contributed by atoms with Gasteiger partial charge in [0.25, 0.3) is 0 Å². The molecule has 176 valence electrons. The zero-order chi connectivity index (χ0) is 22.6. The van der Waals surface area contributed by atoms with Gasteiger partial charge in [-0.05, 0) is 45.4 Å². The van der Waals surface area contributed by atoms with Crippen LogP contribution in [0.2, 0.25) is 0 Å². The predicted molar refractivity (Wildman–Crippen MR) is 116 cm³/mol. The topological polar surface area (TPSA) is 108 Å². The Balaban J connectivity index is 1.88. The Kier molecular flexibility index (Phi) is 7.63. The molecule has 3 aliphatic heterocycles. The lowest BCUT2D eigenvalue weighted by Crippen LogP contribution is -2.55. The van der Waals surface area contributed by atoms with E-state index in [1.165, 1.54) is 0 Å². The summed E-state index contributed by atoms with van der Waals surface area (Å²) in [5.41, 5.74) is -1.68. The number of hydrogen-bond acceptors (Lipinski definition) is 5. The van der Waals surface area contributed by atoms with Gasteiger partial charge in [-0.15, -0.1) is 0 Å². The number of nitrogens with one attached hydrogen (secondary N) is 2. The van der Waals surface area contributed by atoms with Gasteiger partial charge in [0.05, 0.1) is 17.4 Å².